The molecule has 0 saturated heterocycles. The highest BCUT2D eigenvalue weighted by Gasteiger charge is 2.24. The first-order chi connectivity index (χ1) is 13.6. The van der Waals surface area contributed by atoms with Crippen LogP contribution in [0.5, 0.6) is 0 Å². The molecule has 0 aliphatic carbocycles. The first-order valence-corrected chi connectivity index (χ1v) is 10.4. The van der Waals surface area contributed by atoms with Gasteiger partial charge in [-0.2, -0.15) is 0 Å². The zero-order valence-corrected chi connectivity index (χ0v) is 16.7. The molecular formula is C22H19ClN2O2S. The zero-order chi connectivity index (χ0) is 19.5. The van der Waals surface area contributed by atoms with E-state index in [2.05, 4.69) is 5.32 Å². The van der Waals surface area contributed by atoms with Gasteiger partial charge in [0.2, 0.25) is 5.91 Å². The van der Waals surface area contributed by atoms with Crippen molar-refractivity contribution >= 4 is 46.1 Å². The fourth-order valence-corrected chi connectivity index (χ4v) is 4.21. The molecule has 0 bridgehead atoms. The van der Waals surface area contributed by atoms with Crippen molar-refractivity contribution in [2.24, 2.45) is 0 Å². The molecule has 0 radical (unpaired) electrons. The van der Waals surface area contributed by atoms with Crippen LogP contribution in [0.1, 0.15) is 27.2 Å². The van der Waals surface area contributed by atoms with Crippen LogP contribution >= 0.6 is 22.9 Å². The fourth-order valence-electron chi connectivity index (χ4n) is 3.41. The maximum atomic E-state index is 12.8. The lowest BCUT2D eigenvalue weighted by Gasteiger charge is -2.29. The van der Waals surface area contributed by atoms with Gasteiger partial charge in [0.25, 0.3) is 5.91 Å². The third-order valence-corrected chi connectivity index (χ3v) is 5.85. The van der Waals surface area contributed by atoms with Gasteiger partial charge in [-0.1, -0.05) is 29.8 Å². The number of rotatable bonds is 4. The van der Waals surface area contributed by atoms with E-state index in [1.807, 2.05) is 52.7 Å². The fraction of sp³-hybridized carbons (Fsp3) is 0.182. The summed E-state index contributed by atoms with van der Waals surface area (Å²) in [5, 5.41) is 5.52. The van der Waals surface area contributed by atoms with Crippen molar-refractivity contribution in [2.75, 3.05) is 16.8 Å². The predicted octanol–water partition coefficient (Wildman–Crippen LogP) is 5.18. The van der Waals surface area contributed by atoms with Crippen LogP contribution in [0.4, 0.5) is 11.4 Å². The van der Waals surface area contributed by atoms with Crippen LogP contribution in [0.25, 0.3) is 0 Å². The summed E-state index contributed by atoms with van der Waals surface area (Å²) in [5.74, 6) is -0.0416. The number of amides is 2. The molecule has 2 amide bonds. The number of anilines is 2. The Bertz CT molecular complexity index is 1000. The van der Waals surface area contributed by atoms with Gasteiger partial charge in [0.1, 0.15) is 0 Å². The average molecular weight is 411 g/mol. The number of thiophene rings is 1. The van der Waals surface area contributed by atoms with E-state index in [4.69, 9.17) is 11.6 Å². The Labute approximate surface area is 172 Å². The van der Waals surface area contributed by atoms with Crippen LogP contribution in [-0.2, 0) is 17.6 Å². The van der Waals surface area contributed by atoms with Gasteiger partial charge < -0.3 is 10.2 Å². The second kappa shape index (κ2) is 8.17. The van der Waals surface area contributed by atoms with Crippen LogP contribution in [0, 0.1) is 0 Å². The van der Waals surface area contributed by atoms with Crippen molar-refractivity contribution in [1.82, 2.24) is 0 Å². The van der Waals surface area contributed by atoms with E-state index < -0.39 is 0 Å². The molecule has 1 aliphatic heterocycles. The molecule has 1 aromatic heterocycles. The molecular weight excluding hydrogens is 392 g/mol. The van der Waals surface area contributed by atoms with E-state index in [-0.39, 0.29) is 18.2 Å². The number of hydrogen-bond acceptors (Lipinski definition) is 3. The summed E-state index contributed by atoms with van der Waals surface area (Å²) in [4.78, 5) is 27.7. The van der Waals surface area contributed by atoms with Gasteiger partial charge >= 0.3 is 0 Å². The summed E-state index contributed by atoms with van der Waals surface area (Å²) in [6, 6.07) is 16.8. The van der Waals surface area contributed by atoms with Crippen LogP contribution in [0.3, 0.4) is 0 Å². The quantitative estimate of drug-likeness (QED) is 0.644. The van der Waals surface area contributed by atoms with E-state index in [0.717, 1.165) is 40.2 Å². The second-order valence-corrected chi connectivity index (χ2v) is 8.12. The van der Waals surface area contributed by atoms with Gasteiger partial charge in [-0.05, 0) is 65.7 Å². The van der Waals surface area contributed by atoms with Gasteiger partial charge in [-0.25, -0.2) is 0 Å². The highest BCUT2D eigenvalue weighted by molar-refractivity contribution is 7.12. The van der Waals surface area contributed by atoms with Gasteiger partial charge in [0, 0.05) is 22.9 Å². The number of fused-ring (bicyclic) bond motifs is 1. The number of nitrogens with zero attached hydrogens (tertiary/aromatic N) is 1. The number of benzene rings is 2. The number of halogens is 1. The molecule has 1 N–H and O–H groups in total. The smallest absolute Gasteiger partial charge is 0.268 e. The topological polar surface area (TPSA) is 49.4 Å². The van der Waals surface area contributed by atoms with Crippen molar-refractivity contribution in [3.8, 4) is 0 Å². The predicted molar refractivity (Wildman–Crippen MR) is 115 cm³/mol. The number of carbonyl (C=O) groups is 2. The third kappa shape index (κ3) is 4.11. The summed E-state index contributed by atoms with van der Waals surface area (Å²) in [7, 11) is 0. The number of carbonyl (C=O) groups excluding carboxylic acids is 2. The molecule has 28 heavy (non-hydrogen) atoms. The zero-order valence-electron chi connectivity index (χ0n) is 15.2. The van der Waals surface area contributed by atoms with E-state index in [1.54, 1.807) is 12.1 Å². The lowest BCUT2D eigenvalue weighted by molar-refractivity contribution is -0.115. The lowest BCUT2D eigenvalue weighted by Crippen LogP contribution is -2.35. The molecule has 4 nitrogen and oxygen atoms in total. The standard InChI is InChI=1S/C22H19ClN2O2S/c23-17-7-5-15(6-8-17)13-21(26)24-18-9-10-19-16(14-18)3-1-11-25(19)22(27)20-4-2-12-28-20/h2,4-10,12,14H,1,3,11,13H2,(H,24,26). The highest BCUT2D eigenvalue weighted by Crippen LogP contribution is 2.31. The molecule has 2 heterocycles. The van der Waals surface area contributed by atoms with E-state index in [9.17, 15) is 9.59 Å². The Kier molecular flexibility index (Phi) is 5.46. The Hall–Kier alpha value is -2.63. The first-order valence-electron chi connectivity index (χ1n) is 9.13. The van der Waals surface area contributed by atoms with E-state index in [0.29, 0.717) is 11.6 Å². The van der Waals surface area contributed by atoms with Crippen LogP contribution in [-0.4, -0.2) is 18.4 Å². The van der Waals surface area contributed by atoms with Crippen molar-refractivity contribution in [3.05, 3.63) is 81.0 Å². The van der Waals surface area contributed by atoms with Gasteiger partial charge in [-0.15, -0.1) is 11.3 Å². The van der Waals surface area contributed by atoms with Gasteiger partial charge in [0.05, 0.1) is 11.3 Å². The maximum absolute atomic E-state index is 12.8. The van der Waals surface area contributed by atoms with E-state index in [1.165, 1.54) is 11.3 Å². The molecule has 142 valence electrons. The largest absolute Gasteiger partial charge is 0.326 e. The Morgan fingerprint density at radius 1 is 1.11 bits per heavy atom. The average Bonchev–Trinajstić information content (AvgIpc) is 3.23. The molecule has 0 spiro atoms. The minimum atomic E-state index is -0.0791. The highest BCUT2D eigenvalue weighted by atomic mass is 35.5. The van der Waals surface area contributed by atoms with Crippen molar-refractivity contribution < 1.29 is 9.59 Å². The van der Waals surface area contributed by atoms with Crippen LogP contribution in [0.2, 0.25) is 5.02 Å². The molecule has 0 atom stereocenters. The van der Waals surface area contributed by atoms with Crippen molar-refractivity contribution in [2.45, 2.75) is 19.3 Å². The molecule has 6 heteroatoms. The molecule has 2 aromatic carbocycles. The summed E-state index contributed by atoms with van der Waals surface area (Å²) in [6.07, 6.45) is 2.09. The molecule has 0 saturated carbocycles. The minimum Gasteiger partial charge on any atom is -0.326 e. The molecule has 3 aromatic rings. The summed E-state index contributed by atoms with van der Waals surface area (Å²) >= 11 is 7.34. The molecule has 4 rings (SSSR count). The molecule has 0 fully saturated rings. The number of aryl methyl sites for hydroxylation is 1. The maximum Gasteiger partial charge on any atom is 0.268 e. The summed E-state index contributed by atoms with van der Waals surface area (Å²) in [6.45, 7) is 0.714. The number of nitrogens with one attached hydrogen (secondary N) is 1. The summed E-state index contributed by atoms with van der Waals surface area (Å²) < 4.78 is 0. The normalized spacial score (nSPS) is 13.1. The Morgan fingerprint density at radius 3 is 2.68 bits per heavy atom. The third-order valence-electron chi connectivity index (χ3n) is 4.74. The van der Waals surface area contributed by atoms with Crippen molar-refractivity contribution in [1.29, 1.82) is 0 Å². The van der Waals surface area contributed by atoms with Gasteiger partial charge in [0.15, 0.2) is 0 Å². The van der Waals surface area contributed by atoms with Crippen molar-refractivity contribution in [3.63, 3.8) is 0 Å². The van der Waals surface area contributed by atoms with Crippen LogP contribution in [0.15, 0.2) is 60.0 Å². The summed E-state index contributed by atoms with van der Waals surface area (Å²) in [5.41, 5.74) is 3.68. The Morgan fingerprint density at radius 2 is 1.93 bits per heavy atom. The van der Waals surface area contributed by atoms with Crippen LogP contribution < -0.4 is 10.2 Å². The molecule has 1 aliphatic rings. The molecule has 0 unspecified atom stereocenters. The monoisotopic (exact) mass is 410 g/mol. The minimum absolute atomic E-state index is 0.0375. The SMILES string of the molecule is O=C(Cc1ccc(Cl)cc1)Nc1ccc2c(c1)CCCN2C(=O)c1cccs1. The lowest BCUT2D eigenvalue weighted by atomic mass is 10.0. The second-order valence-electron chi connectivity index (χ2n) is 6.73. The first kappa shape index (κ1) is 18.7. The number of hydrogen-bond donors (Lipinski definition) is 1. The van der Waals surface area contributed by atoms with E-state index >= 15 is 0 Å². The Balaban J connectivity index is 1.48. The van der Waals surface area contributed by atoms with Gasteiger partial charge in [-0.3, -0.25) is 9.59 Å².